The van der Waals surface area contributed by atoms with Gasteiger partial charge in [0.2, 0.25) is 6.79 Å². The van der Waals surface area contributed by atoms with Crippen molar-refractivity contribution in [2.75, 3.05) is 19.9 Å². The lowest BCUT2D eigenvalue weighted by Crippen LogP contribution is -2.38. The van der Waals surface area contributed by atoms with Gasteiger partial charge in [-0.3, -0.25) is 4.57 Å². The van der Waals surface area contributed by atoms with E-state index in [-0.39, 0.29) is 36.5 Å². The molecule has 30 heavy (non-hydrogen) atoms. The first-order valence-electron chi connectivity index (χ1n) is 10.3. The highest BCUT2D eigenvalue weighted by molar-refractivity contribution is 14.0. The molecule has 0 saturated heterocycles. The van der Waals surface area contributed by atoms with Gasteiger partial charge < -0.3 is 20.1 Å². The van der Waals surface area contributed by atoms with E-state index in [2.05, 4.69) is 20.7 Å². The second kappa shape index (κ2) is 10.7. The number of halogens is 1. The molecule has 0 saturated carbocycles. The maximum Gasteiger partial charge on any atom is 0.345 e. The number of fused-ring (bicyclic) bond motifs is 2. The predicted molar refractivity (Wildman–Crippen MR) is 125 cm³/mol. The third-order valence-electron chi connectivity index (χ3n) is 5.07. The van der Waals surface area contributed by atoms with E-state index in [1.807, 2.05) is 29.7 Å². The first kappa shape index (κ1) is 22.4. The van der Waals surface area contributed by atoms with E-state index >= 15 is 0 Å². The van der Waals surface area contributed by atoms with E-state index in [0.29, 0.717) is 19.6 Å². The number of aromatic nitrogens is 3. The van der Waals surface area contributed by atoms with Gasteiger partial charge in [0.05, 0.1) is 6.54 Å². The van der Waals surface area contributed by atoms with Gasteiger partial charge in [-0.25, -0.2) is 14.5 Å². The molecule has 0 amide bonds. The van der Waals surface area contributed by atoms with Crippen molar-refractivity contribution in [3.8, 4) is 11.5 Å². The van der Waals surface area contributed by atoms with E-state index in [4.69, 9.17) is 9.47 Å². The molecule has 10 heteroatoms. The molecule has 2 aliphatic rings. The van der Waals surface area contributed by atoms with Gasteiger partial charge in [0.15, 0.2) is 17.5 Å². The third-order valence-corrected chi connectivity index (χ3v) is 5.07. The highest BCUT2D eigenvalue weighted by atomic mass is 127. The molecule has 0 fully saturated rings. The number of hydrogen-bond acceptors (Lipinski definition) is 5. The quantitative estimate of drug-likeness (QED) is 0.247. The van der Waals surface area contributed by atoms with Crippen LogP contribution in [0, 0.1) is 0 Å². The fourth-order valence-electron chi connectivity index (χ4n) is 3.58. The molecule has 0 radical (unpaired) electrons. The zero-order valence-electron chi connectivity index (χ0n) is 17.2. The number of ether oxygens (including phenoxy) is 2. The highest BCUT2D eigenvalue weighted by Gasteiger charge is 2.16. The van der Waals surface area contributed by atoms with Crippen LogP contribution in [0.3, 0.4) is 0 Å². The average molecular weight is 528 g/mol. The van der Waals surface area contributed by atoms with Gasteiger partial charge in [0, 0.05) is 32.6 Å². The molecule has 3 heterocycles. The summed E-state index contributed by atoms with van der Waals surface area (Å²) in [6.07, 6.45) is 3.87. The Morgan fingerprint density at radius 2 is 2.10 bits per heavy atom. The number of aryl methyl sites for hydroxylation is 2. The van der Waals surface area contributed by atoms with Crippen LogP contribution < -0.4 is 25.8 Å². The zero-order valence-corrected chi connectivity index (χ0v) is 19.6. The standard InChI is InChI=1S/C20H28N6O3.HI/c1-2-21-19(23-13-15-7-8-16-17(12-15)29-14-28-16)22-9-5-11-26-20(27)25-10-4-3-6-18(25)24-26;/h7-8,12H,2-6,9-11,13-14H2,1H3,(H2,21,22,23);1H. The fourth-order valence-corrected chi connectivity index (χ4v) is 3.58. The van der Waals surface area contributed by atoms with Gasteiger partial charge in [-0.05, 0) is 43.9 Å². The van der Waals surface area contributed by atoms with Crippen molar-refractivity contribution in [3.05, 3.63) is 40.1 Å². The average Bonchev–Trinajstić information content (AvgIpc) is 3.33. The molecule has 0 atom stereocenters. The Kier molecular flexibility index (Phi) is 8.00. The SMILES string of the molecule is CCNC(=NCc1ccc2c(c1)OCO2)NCCCn1nc2n(c1=O)CCCC2.I. The number of benzene rings is 1. The molecule has 1 aromatic carbocycles. The largest absolute Gasteiger partial charge is 0.454 e. The number of guanidine groups is 1. The van der Waals surface area contributed by atoms with Crippen LogP contribution >= 0.6 is 24.0 Å². The summed E-state index contributed by atoms with van der Waals surface area (Å²) in [7, 11) is 0. The van der Waals surface area contributed by atoms with Crippen LogP contribution in [0.4, 0.5) is 0 Å². The van der Waals surface area contributed by atoms with Gasteiger partial charge >= 0.3 is 5.69 Å². The summed E-state index contributed by atoms with van der Waals surface area (Å²) >= 11 is 0. The number of nitrogens with one attached hydrogen (secondary N) is 2. The van der Waals surface area contributed by atoms with Crippen molar-refractivity contribution in [2.45, 2.75) is 52.2 Å². The molecule has 9 nitrogen and oxygen atoms in total. The lowest BCUT2D eigenvalue weighted by Gasteiger charge is -2.11. The molecule has 0 aliphatic carbocycles. The van der Waals surface area contributed by atoms with Crippen molar-refractivity contribution < 1.29 is 9.47 Å². The molecule has 2 aliphatic heterocycles. The van der Waals surface area contributed by atoms with E-state index < -0.39 is 0 Å². The molecule has 0 spiro atoms. The molecule has 4 rings (SSSR count). The summed E-state index contributed by atoms with van der Waals surface area (Å²) in [6, 6.07) is 5.87. The molecular weight excluding hydrogens is 499 g/mol. The summed E-state index contributed by atoms with van der Waals surface area (Å²) in [4.78, 5) is 17.0. The predicted octanol–water partition coefficient (Wildman–Crippen LogP) is 1.87. The van der Waals surface area contributed by atoms with Crippen molar-refractivity contribution in [1.29, 1.82) is 0 Å². The van der Waals surface area contributed by atoms with E-state index in [0.717, 1.165) is 67.6 Å². The van der Waals surface area contributed by atoms with Gasteiger partial charge in [-0.1, -0.05) is 6.07 Å². The topological polar surface area (TPSA) is 94.7 Å². The van der Waals surface area contributed by atoms with E-state index in [1.165, 1.54) is 0 Å². The van der Waals surface area contributed by atoms with Crippen molar-refractivity contribution in [2.24, 2.45) is 4.99 Å². The summed E-state index contributed by atoms with van der Waals surface area (Å²) in [5.74, 6) is 3.22. The first-order chi connectivity index (χ1) is 14.2. The van der Waals surface area contributed by atoms with Crippen LogP contribution in [0.15, 0.2) is 28.0 Å². The monoisotopic (exact) mass is 528 g/mol. The summed E-state index contributed by atoms with van der Waals surface area (Å²) < 4.78 is 14.2. The minimum Gasteiger partial charge on any atom is -0.454 e. The molecule has 0 unspecified atom stereocenters. The van der Waals surface area contributed by atoms with E-state index in [9.17, 15) is 4.79 Å². The van der Waals surface area contributed by atoms with E-state index in [1.54, 1.807) is 4.68 Å². The molecule has 164 valence electrons. The van der Waals surface area contributed by atoms with Crippen LogP contribution in [0.25, 0.3) is 0 Å². The normalized spacial score (nSPS) is 14.8. The minimum atomic E-state index is 0. The Hall–Kier alpha value is -2.24. The maximum atomic E-state index is 12.4. The van der Waals surface area contributed by atoms with Crippen LogP contribution in [0.1, 0.15) is 37.6 Å². The molecule has 1 aromatic heterocycles. The zero-order chi connectivity index (χ0) is 20.1. The lowest BCUT2D eigenvalue weighted by atomic mass is 10.2. The van der Waals surface area contributed by atoms with Crippen molar-refractivity contribution in [1.82, 2.24) is 25.0 Å². The Balaban J connectivity index is 0.00000256. The van der Waals surface area contributed by atoms with Gasteiger partial charge in [0.25, 0.3) is 0 Å². The van der Waals surface area contributed by atoms with Crippen LogP contribution in [-0.4, -0.2) is 40.2 Å². The number of rotatable bonds is 7. The second-order valence-corrected chi connectivity index (χ2v) is 7.19. The molecule has 0 bridgehead atoms. The van der Waals surface area contributed by atoms with Crippen LogP contribution in [0.2, 0.25) is 0 Å². The Bertz CT molecular complexity index is 939. The number of hydrogen-bond donors (Lipinski definition) is 2. The molecule has 2 N–H and O–H groups in total. The van der Waals surface area contributed by atoms with Crippen molar-refractivity contribution in [3.63, 3.8) is 0 Å². The van der Waals surface area contributed by atoms with Gasteiger partial charge in [-0.2, -0.15) is 5.10 Å². The molecular formula is C20H29IN6O3. The van der Waals surface area contributed by atoms with Gasteiger partial charge in [0.1, 0.15) is 5.82 Å². The fraction of sp³-hybridized carbons (Fsp3) is 0.550. The Morgan fingerprint density at radius 1 is 1.23 bits per heavy atom. The maximum absolute atomic E-state index is 12.4. The number of nitrogens with zero attached hydrogens (tertiary/aromatic N) is 4. The third kappa shape index (κ3) is 5.27. The second-order valence-electron chi connectivity index (χ2n) is 7.19. The summed E-state index contributed by atoms with van der Waals surface area (Å²) in [5, 5.41) is 11.1. The van der Waals surface area contributed by atoms with Crippen LogP contribution in [0.5, 0.6) is 11.5 Å². The first-order valence-corrected chi connectivity index (χ1v) is 10.3. The van der Waals surface area contributed by atoms with Crippen LogP contribution in [-0.2, 0) is 26.1 Å². The summed E-state index contributed by atoms with van der Waals surface area (Å²) in [5.41, 5.74) is 1.07. The minimum absolute atomic E-state index is 0. The van der Waals surface area contributed by atoms with Gasteiger partial charge in [-0.15, -0.1) is 24.0 Å². The Labute approximate surface area is 192 Å². The Morgan fingerprint density at radius 3 is 2.93 bits per heavy atom. The lowest BCUT2D eigenvalue weighted by molar-refractivity contribution is 0.174. The number of aliphatic imine (C=N–C) groups is 1. The van der Waals surface area contributed by atoms with Crippen molar-refractivity contribution >= 4 is 29.9 Å². The summed E-state index contributed by atoms with van der Waals surface area (Å²) in [6.45, 7) is 5.74. The smallest absolute Gasteiger partial charge is 0.345 e. The molecule has 2 aromatic rings. The highest BCUT2D eigenvalue weighted by Crippen LogP contribution is 2.32.